The van der Waals surface area contributed by atoms with Crippen LogP contribution in [0, 0.1) is 23.2 Å². The standard InChI is InChI=1S/C14H22NO4S/c1-20(17,18)15-2-3-19-13(16)14-7-10-4-11(8-14)6-12(5-10)9-14/h10-12H,2-9H2,1H3/q-1. The van der Waals surface area contributed by atoms with Crippen LogP contribution in [0.25, 0.3) is 4.72 Å². The molecule has 114 valence electrons. The molecule has 0 spiro atoms. The predicted octanol–water partition coefficient (Wildman–Crippen LogP) is 2.08. The molecule has 0 amide bonds. The van der Waals surface area contributed by atoms with Crippen molar-refractivity contribution in [1.29, 1.82) is 0 Å². The fraction of sp³-hybridized carbons (Fsp3) is 0.929. The highest BCUT2D eigenvalue weighted by Gasteiger charge is 2.55. The van der Waals surface area contributed by atoms with Gasteiger partial charge in [0.25, 0.3) is 0 Å². The molecule has 4 saturated carbocycles. The van der Waals surface area contributed by atoms with Crippen molar-refractivity contribution in [3.05, 3.63) is 4.72 Å². The highest BCUT2D eigenvalue weighted by molar-refractivity contribution is 7.93. The average Bonchev–Trinajstić information content (AvgIpc) is 2.31. The van der Waals surface area contributed by atoms with Crippen molar-refractivity contribution in [2.45, 2.75) is 38.5 Å². The second-order valence-corrected chi connectivity index (χ2v) is 8.64. The number of ether oxygens (including phenoxy) is 1. The van der Waals surface area contributed by atoms with E-state index in [4.69, 9.17) is 4.74 Å². The molecule has 0 aromatic rings. The molecule has 0 saturated heterocycles. The summed E-state index contributed by atoms with van der Waals surface area (Å²) >= 11 is 0. The highest BCUT2D eigenvalue weighted by atomic mass is 32.2. The van der Waals surface area contributed by atoms with Gasteiger partial charge in [0.05, 0.1) is 22.0 Å². The summed E-state index contributed by atoms with van der Waals surface area (Å²) in [6, 6.07) is 0. The van der Waals surface area contributed by atoms with Crippen molar-refractivity contribution < 1.29 is 17.9 Å². The maximum Gasteiger partial charge on any atom is 0.312 e. The van der Waals surface area contributed by atoms with Crippen molar-refractivity contribution in [3.8, 4) is 0 Å². The largest absolute Gasteiger partial charge is 0.547 e. The Kier molecular flexibility index (Phi) is 3.57. The maximum absolute atomic E-state index is 12.4. The Morgan fingerprint density at radius 2 is 1.65 bits per heavy atom. The van der Waals surface area contributed by atoms with E-state index in [9.17, 15) is 13.2 Å². The van der Waals surface area contributed by atoms with Crippen LogP contribution in [0.15, 0.2) is 0 Å². The number of esters is 1. The van der Waals surface area contributed by atoms with E-state index in [1.54, 1.807) is 0 Å². The van der Waals surface area contributed by atoms with Gasteiger partial charge in [0.1, 0.15) is 0 Å². The van der Waals surface area contributed by atoms with Crippen LogP contribution < -0.4 is 0 Å². The molecule has 4 fully saturated rings. The Morgan fingerprint density at radius 3 is 2.10 bits per heavy atom. The lowest BCUT2D eigenvalue weighted by molar-refractivity contribution is -0.171. The third-order valence-corrected chi connectivity index (χ3v) is 5.77. The lowest BCUT2D eigenvalue weighted by Crippen LogP contribution is -2.50. The normalized spacial score (nSPS) is 39.0. The zero-order chi connectivity index (χ0) is 14.4. The van der Waals surface area contributed by atoms with Crippen molar-refractivity contribution in [2.24, 2.45) is 23.2 Å². The van der Waals surface area contributed by atoms with Crippen molar-refractivity contribution in [2.75, 3.05) is 19.4 Å². The molecule has 0 heterocycles. The van der Waals surface area contributed by atoms with Gasteiger partial charge in [0.15, 0.2) is 0 Å². The summed E-state index contributed by atoms with van der Waals surface area (Å²) in [4.78, 5) is 12.4. The molecule has 4 bridgehead atoms. The smallest absolute Gasteiger partial charge is 0.312 e. The molecule has 0 aromatic heterocycles. The maximum atomic E-state index is 12.4. The molecule has 0 aliphatic heterocycles. The number of hydrogen-bond donors (Lipinski definition) is 0. The van der Waals surface area contributed by atoms with Crippen LogP contribution in [0.4, 0.5) is 0 Å². The third kappa shape index (κ3) is 2.86. The molecule has 5 nitrogen and oxygen atoms in total. The SMILES string of the molecule is CS(=O)(=O)[N-]CCOC(=O)C12CC3CC(CC(C3)C1)C2. The zero-order valence-electron chi connectivity index (χ0n) is 11.9. The number of carbonyl (C=O) groups excluding carboxylic acids is 1. The van der Waals surface area contributed by atoms with Crippen LogP contribution in [0.3, 0.4) is 0 Å². The summed E-state index contributed by atoms with van der Waals surface area (Å²) in [5, 5.41) is 0. The summed E-state index contributed by atoms with van der Waals surface area (Å²) < 4.78 is 30.6. The van der Waals surface area contributed by atoms with E-state index >= 15 is 0 Å². The van der Waals surface area contributed by atoms with Gasteiger partial charge in [-0.05, 0) is 56.3 Å². The van der Waals surface area contributed by atoms with Crippen LogP contribution in [0.2, 0.25) is 0 Å². The first-order valence-electron chi connectivity index (χ1n) is 7.42. The zero-order valence-corrected chi connectivity index (χ0v) is 12.7. The molecule has 6 heteroatoms. The Balaban J connectivity index is 1.55. The van der Waals surface area contributed by atoms with E-state index < -0.39 is 10.0 Å². The van der Waals surface area contributed by atoms with Crippen LogP contribution in [-0.2, 0) is 19.6 Å². The molecule has 4 aliphatic rings. The third-order valence-electron chi connectivity index (χ3n) is 5.12. The Hall–Kier alpha value is -0.620. The first kappa shape index (κ1) is 14.3. The van der Waals surface area contributed by atoms with Crippen LogP contribution in [0.5, 0.6) is 0 Å². The second kappa shape index (κ2) is 4.98. The van der Waals surface area contributed by atoms with E-state index in [1.165, 1.54) is 19.3 Å². The number of sulfonamides is 1. The van der Waals surface area contributed by atoms with E-state index in [0.717, 1.165) is 25.5 Å². The van der Waals surface area contributed by atoms with Gasteiger partial charge in [-0.25, -0.2) is 8.42 Å². The van der Waals surface area contributed by atoms with Gasteiger partial charge < -0.3 is 9.46 Å². The van der Waals surface area contributed by atoms with Gasteiger partial charge in [0, 0.05) is 6.26 Å². The Labute approximate surface area is 120 Å². The lowest BCUT2D eigenvalue weighted by Gasteiger charge is -2.55. The van der Waals surface area contributed by atoms with Gasteiger partial charge in [-0.15, -0.1) is 6.54 Å². The minimum atomic E-state index is -3.33. The number of rotatable bonds is 5. The number of nitrogens with zero attached hydrogens (tertiary/aromatic N) is 1. The minimum Gasteiger partial charge on any atom is -0.547 e. The van der Waals surface area contributed by atoms with Gasteiger partial charge in [-0.3, -0.25) is 4.79 Å². The fourth-order valence-corrected chi connectivity index (χ4v) is 5.26. The van der Waals surface area contributed by atoms with Gasteiger partial charge >= 0.3 is 5.97 Å². The van der Waals surface area contributed by atoms with Crippen molar-refractivity contribution in [1.82, 2.24) is 0 Å². The molecular formula is C14H22NO4S-. The topological polar surface area (TPSA) is 74.5 Å². The average molecular weight is 300 g/mol. The lowest BCUT2D eigenvalue weighted by atomic mass is 9.49. The monoisotopic (exact) mass is 300 g/mol. The second-order valence-electron chi connectivity index (χ2n) is 6.92. The Morgan fingerprint density at radius 1 is 1.15 bits per heavy atom. The fourth-order valence-electron chi connectivity index (χ4n) is 4.86. The van der Waals surface area contributed by atoms with E-state index in [-0.39, 0.29) is 24.5 Å². The first-order chi connectivity index (χ1) is 9.36. The summed E-state index contributed by atoms with van der Waals surface area (Å²) in [6.45, 7) is 0.116. The Bertz CT molecular complexity index is 464. The predicted molar refractivity (Wildman–Crippen MR) is 74.6 cm³/mol. The molecule has 0 unspecified atom stereocenters. The van der Waals surface area contributed by atoms with Crippen molar-refractivity contribution >= 4 is 16.0 Å². The molecule has 4 rings (SSSR count). The van der Waals surface area contributed by atoms with Crippen molar-refractivity contribution in [3.63, 3.8) is 0 Å². The molecule has 0 atom stereocenters. The van der Waals surface area contributed by atoms with E-state index in [2.05, 4.69) is 4.72 Å². The minimum absolute atomic E-state index is 0.0386. The molecule has 0 aromatic carbocycles. The summed E-state index contributed by atoms with van der Waals surface area (Å²) in [7, 11) is -3.33. The summed E-state index contributed by atoms with van der Waals surface area (Å²) in [5.74, 6) is 2.00. The molecular weight excluding hydrogens is 278 g/mol. The van der Waals surface area contributed by atoms with Crippen LogP contribution in [-0.4, -0.2) is 33.8 Å². The van der Waals surface area contributed by atoms with Crippen LogP contribution in [0.1, 0.15) is 38.5 Å². The van der Waals surface area contributed by atoms with E-state index in [0.29, 0.717) is 17.8 Å². The highest BCUT2D eigenvalue weighted by Crippen LogP contribution is 2.60. The van der Waals surface area contributed by atoms with Gasteiger partial charge in [0.2, 0.25) is 0 Å². The number of carbonyl (C=O) groups is 1. The van der Waals surface area contributed by atoms with Gasteiger partial charge in [-0.1, -0.05) is 0 Å². The summed E-state index contributed by atoms with van der Waals surface area (Å²) in [5.41, 5.74) is -0.264. The van der Waals surface area contributed by atoms with Crippen LogP contribution >= 0.6 is 0 Å². The molecule has 20 heavy (non-hydrogen) atoms. The molecule has 4 aliphatic carbocycles. The molecule has 0 radical (unpaired) electrons. The van der Waals surface area contributed by atoms with Gasteiger partial charge in [-0.2, -0.15) is 0 Å². The van der Waals surface area contributed by atoms with E-state index in [1.807, 2.05) is 0 Å². The molecule has 0 N–H and O–H groups in total. The summed E-state index contributed by atoms with van der Waals surface area (Å²) in [6.07, 6.45) is 7.83. The first-order valence-corrected chi connectivity index (χ1v) is 9.27. The number of hydrogen-bond acceptors (Lipinski definition) is 4. The quantitative estimate of drug-likeness (QED) is 0.575.